The number of terminal acetylenes is 1. The van der Waals surface area contributed by atoms with Crippen molar-refractivity contribution in [3.8, 4) is 12.3 Å². The van der Waals surface area contributed by atoms with E-state index in [0.29, 0.717) is 6.54 Å². The third-order valence-electron chi connectivity index (χ3n) is 3.76. The van der Waals surface area contributed by atoms with Crippen LogP contribution in [0.25, 0.3) is 0 Å². The molecule has 0 N–H and O–H groups in total. The van der Waals surface area contributed by atoms with Crippen molar-refractivity contribution in [2.75, 3.05) is 6.54 Å². The fourth-order valence-corrected chi connectivity index (χ4v) is 2.82. The minimum atomic E-state index is -0.708. The van der Waals surface area contributed by atoms with Gasteiger partial charge in [-0.1, -0.05) is 5.92 Å². The smallest absolute Gasteiger partial charge is 0.247 e. The van der Waals surface area contributed by atoms with Crippen LogP contribution in [0.4, 0.5) is 0 Å². The highest BCUT2D eigenvalue weighted by molar-refractivity contribution is 5.97. The minimum Gasteiger partial charge on any atom is -0.329 e. The van der Waals surface area contributed by atoms with E-state index >= 15 is 0 Å². The topological polar surface area (TPSA) is 40.6 Å². The van der Waals surface area contributed by atoms with Crippen LogP contribution in [0, 0.1) is 12.3 Å². The Morgan fingerprint density at radius 2 is 2.00 bits per heavy atom. The van der Waals surface area contributed by atoms with Gasteiger partial charge in [0.1, 0.15) is 12.1 Å². The number of carbonyl (C=O) groups excluding carboxylic acids is 2. The SMILES string of the molecule is C#CC(C)(C)N1C(=O)C2CCCN2C(=O)C1C. The van der Waals surface area contributed by atoms with Gasteiger partial charge in [-0.15, -0.1) is 6.42 Å². The van der Waals surface area contributed by atoms with Crippen LogP contribution < -0.4 is 0 Å². The fourth-order valence-electron chi connectivity index (χ4n) is 2.82. The van der Waals surface area contributed by atoms with Gasteiger partial charge >= 0.3 is 0 Å². The van der Waals surface area contributed by atoms with Gasteiger partial charge in [0, 0.05) is 6.54 Å². The normalized spacial score (nSPS) is 29.3. The Bertz CT molecular complexity index is 408. The van der Waals surface area contributed by atoms with Crippen molar-refractivity contribution in [2.24, 2.45) is 0 Å². The lowest BCUT2D eigenvalue weighted by Gasteiger charge is -2.46. The zero-order chi connectivity index (χ0) is 12.8. The summed E-state index contributed by atoms with van der Waals surface area (Å²) < 4.78 is 0. The molecular formula is C13H18N2O2. The first-order valence-corrected chi connectivity index (χ1v) is 6.01. The number of carbonyl (C=O) groups is 2. The molecule has 2 saturated heterocycles. The predicted octanol–water partition coefficient (Wildman–Crippen LogP) is 0.620. The number of rotatable bonds is 1. The van der Waals surface area contributed by atoms with Gasteiger partial charge in [-0.2, -0.15) is 0 Å². The number of hydrogen-bond donors (Lipinski definition) is 0. The fraction of sp³-hybridized carbons (Fsp3) is 0.692. The van der Waals surface area contributed by atoms with E-state index < -0.39 is 11.6 Å². The Balaban J connectivity index is 2.38. The summed E-state index contributed by atoms with van der Waals surface area (Å²) in [5, 5.41) is 0. The number of piperazine rings is 1. The summed E-state index contributed by atoms with van der Waals surface area (Å²) in [6.45, 7) is 6.07. The standard InChI is InChI=1S/C13H18N2O2/c1-5-13(3,4)15-9(2)11(16)14-8-6-7-10(14)12(15)17/h1,9-10H,6-8H2,2-4H3. The molecule has 4 nitrogen and oxygen atoms in total. The second-order valence-electron chi connectivity index (χ2n) is 5.28. The highest BCUT2D eigenvalue weighted by atomic mass is 16.2. The molecule has 0 spiro atoms. The van der Waals surface area contributed by atoms with E-state index in [9.17, 15) is 9.59 Å². The third-order valence-corrected chi connectivity index (χ3v) is 3.76. The molecule has 0 saturated carbocycles. The molecule has 92 valence electrons. The van der Waals surface area contributed by atoms with Gasteiger partial charge in [-0.3, -0.25) is 9.59 Å². The van der Waals surface area contributed by atoms with Crippen molar-refractivity contribution < 1.29 is 9.59 Å². The molecule has 0 aromatic rings. The maximum atomic E-state index is 12.4. The van der Waals surface area contributed by atoms with Crippen LogP contribution in [-0.4, -0.2) is 45.8 Å². The van der Waals surface area contributed by atoms with Gasteiger partial charge < -0.3 is 9.80 Å². The van der Waals surface area contributed by atoms with E-state index in [0.717, 1.165) is 12.8 Å². The van der Waals surface area contributed by atoms with E-state index in [2.05, 4.69) is 5.92 Å². The summed E-state index contributed by atoms with van der Waals surface area (Å²) in [4.78, 5) is 27.9. The minimum absolute atomic E-state index is 0.00227. The van der Waals surface area contributed by atoms with Crippen molar-refractivity contribution >= 4 is 11.8 Å². The van der Waals surface area contributed by atoms with E-state index in [1.54, 1.807) is 30.6 Å². The Morgan fingerprint density at radius 3 is 2.59 bits per heavy atom. The molecule has 0 aromatic carbocycles. The zero-order valence-corrected chi connectivity index (χ0v) is 10.6. The van der Waals surface area contributed by atoms with Crippen LogP contribution in [0.5, 0.6) is 0 Å². The Hall–Kier alpha value is -1.50. The van der Waals surface area contributed by atoms with Crippen LogP contribution in [0.2, 0.25) is 0 Å². The van der Waals surface area contributed by atoms with Gasteiger partial charge in [0.2, 0.25) is 11.8 Å². The van der Waals surface area contributed by atoms with Crippen LogP contribution in [-0.2, 0) is 9.59 Å². The molecule has 4 heteroatoms. The quantitative estimate of drug-likeness (QED) is 0.624. The molecule has 0 radical (unpaired) electrons. The van der Waals surface area contributed by atoms with Gasteiger partial charge in [0.15, 0.2) is 0 Å². The van der Waals surface area contributed by atoms with Gasteiger partial charge in [-0.05, 0) is 33.6 Å². The molecule has 0 aliphatic carbocycles. The lowest BCUT2D eigenvalue weighted by molar-refractivity contribution is -0.162. The van der Waals surface area contributed by atoms with E-state index in [4.69, 9.17) is 6.42 Å². The number of fused-ring (bicyclic) bond motifs is 1. The number of hydrogen-bond acceptors (Lipinski definition) is 2. The first-order valence-electron chi connectivity index (χ1n) is 6.01. The summed E-state index contributed by atoms with van der Waals surface area (Å²) in [6.07, 6.45) is 7.14. The molecule has 0 bridgehead atoms. The molecule has 2 rings (SSSR count). The maximum Gasteiger partial charge on any atom is 0.247 e. The van der Waals surface area contributed by atoms with E-state index in [-0.39, 0.29) is 17.9 Å². The summed E-state index contributed by atoms with van der Waals surface area (Å²) in [6, 6.07) is -0.741. The van der Waals surface area contributed by atoms with Crippen LogP contribution >= 0.6 is 0 Å². The molecule has 2 unspecified atom stereocenters. The molecule has 2 aliphatic heterocycles. The summed E-state index contributed by atoms with van der Waals surface area (Å²) in [5.74, 6) is 2.63. The number of nitrogens with zero attached hydrogens (tertiary/aromatic N) is 2. The van der Waals surface area contributed by atoms with Crippen LogP contribution in [0.1, 0.15) is 33.6 Å². The number of amides is 2. The largest absolute Gasteiger partial charge is 0.329 e. The van der Waals surface area contributed by atoms with Crippen LogP contribution in [0.15, 0.2) is 0 Å². The van der Waals surface area contributed by atoms with Crippen molar-refractivity contribution in [1.29, 1.82) is 0 Å². The van der Waals surface area contributed by atoms with Gasteiger partial charge in [0.25, 0.3) is 0 Å². The lowest BCUT2D eigenvalue weighted by Crippen LogP contribution is -2.66. The Morgan fingerprint density at radius 1 is 1.35 bits per heavy atom. The maximum absolute atomic E-state index is 12.4. The van der Waals surface area contributed by atoms with Crippen molar-refractivity contribution in [3.05, 3.63) is 0 Å². The molecule has 2 amide bonds. The van der Waals surface area contributed by atoms with Crippen molar-refractivity contribution in [1.82, 2.24) is 9.80 Å². The highest BCUT2D eigenvalue weighted by Gasteiger charge is 2.49. The molecule has 2 atom stereocenters. The first kappa shape index (κ1) is 12.0. The van der Waals surface area contributed by atoms with Gasteiger partial charge in [0.05, 0.1) is 5.54 Å². The summed E-state index contributed by atoms with van der Waals surface area (Å²) in [5.41, 5.74) is -0.708. The zero-order valence-electron chi connectivity index (χ0n) is 10.6. The monoisotopic (exact) mass is 234 g/mol. The highest BCUT2D eigenvalue weighted by Crippen LogP contribution is 2.31. The Labute approximate surface area is 102 Å². The van der Waals surface area contributed by atoms with E-state index in [1.165, 1.54) is 0 Å². The van der Waals surface area contributed by atoms with Gasteiger partial charge in [-0.25, -0.2) is 0 Å². The second kappa shape index (κ2) is 3.76. The molecular weight excluding hydrogens is 216 g/mol. The average Bonchev–Trinajstić information content (AvgIpc) is 2.75. The average molecular weight is 234 g/mol. The van der Waals surface area contributed by atoms with E-state index in [1.807, 2.05) is 0 Å². The Kier molecular flexibility index (Phi) is 2.65. The molecule has 2 aliphatic rings. The third kappa shape index (κ3) is 1.61. The molecule has 17 heavy (non-hydrogen) atoms. The first-order chi connectivity index (χ1) is 7.90. The molecule has 2 heterocycles. The second-order valence-corrected chi connectivity index (χ2v) is 5.28. The summed E-state index contributed by atoms with van der Waals surface area (Å²) in [7, 11) is 0. The van der Waals surface area contributed by atoms with Crippen LogP contribution in [0.3, 0.4) is 0 Å². The summed E-state index contributed by atoms with van der Waals surface area (Å²) >= 11 is 0. The van der Waals surface area contributed by atoms with Crippen molar-refractivity contribution in [2.45, 2.75) is 51.2 Å². The predicted molar refractivity (Wildman–Crippen MR) is 64.0 cm³/mol. The molecule has 2 fully saturated rings. The lowest BCUT2D eigenvalue weighted by atomic mass is 9.96. The molecule has 0 aromatic heterocycles. The van der Waals surface area contributed by atoms with Crippen molar-refractivity contribution in [3.63, 3.8) is 0 Å².